The molecule has 0 spiro atoms. The Labute approximate surface area is 207 Å². The van der Waals surface area contributed by atoms with Gasteiger partial charge in [0, 0.05) is 31.1 Å². The number of thioether (sulfide) groups is 1. The van der Waals surface area contributed by atoms with E-state index in [4.69, 9.17) is 9.47 Å². The lowest BCUT2D eigenvalue weighted by Gasteiger charge is -2.31. The third kappa shape index (κ3) is 6.47. The molecular weight excluding hydrogens is 448 g/mol. The summed E-state index contributed by atoms with van der Waals surface area (Å²) >= 11 is 1.45. The molecule has 1 saturated carbocycles. The van der Waals surface area contributed by atoms with Crippen molar-refractivity contribution in [2.45, 2.75) is 56.5 Å². The molecule has 0 bridgehead atoms. The highest BCUT2D eigenvalue weighted by Crippen LogP contribution is 2.29. The summed E-state index contributed by atoms with van der Waals surface area (Å²) in [6.07, 6.45) is 5.83. The Morgan fingerprint density at radius 2 is 1.71 bits per heavy atom. The molecule has 184 valence electrons. The number of hydrogen-bond acceptors (Lipinski definition) is 5. The van der Waals surface area contributed by atoms with E-state index >= 15 is 0 Å². The van der Waals surface area contributed by atoms with Crippen molar-refractivity contribution in [3.05, 3.63) is 53.6 Å². The van der Waals surface area contributed by atoms with Crippen LogP contribution in [0.25, 0.3) is 0 Å². The Bertz CT molecular complexity index is 975. The number of rotatable bonds is 10. The molecule has 1 fully saturated rings. The van der Waals surface area contributed by atoms with Gasteiger partial charge < -0.3 is 19.3 Å². The first-order valence-electron chi connectivity index (χ1n) is 12.0. The van der Waals surface area contributed by atoms with Crippen molar-refractivity contribution in [2.24, 2.45) is 0 Å². The third-order valence-electron chi connectivity index (χ3n) is 6.47. The Morgan fingerprint density at radius 3 is 2.38 bits per heavy atom. The minimum Gasteiger partial charge on any atom is -0.493 e. The maximum Gasteiger partial charge on any atom is 0.255 e. The molecule has 2 aromatic carbocycles. The molecule has 2 aromatic rings. The molecule has 3 rings (SSSR count). The van der Waals surface area contributed by atoms with Crippen molar-refractivity contribution in [3.63, 3.8) is 0 Å². The number of methoxy groups -OCH3 is 2. The van der Waals surface area contributed by atoms with Crippen LogP contribution >= 0.6 is 11.8 Å². The highest BCUT2D eigenvalue weighted by molar-refractivity contribution is 8.00. The van der Waals surface area contributed by atoms with Gasteiger partial charge in [0.1, 0.15) is 0 Å². The van der Waals surface area contributed by atoms with Gasteiger partial charge in [0.05, 0.1) is 25.5 Å². The van der Waals surface area contributed by atoms with Crippen molar-refractivity contribution in [3.8, 4) is 11.5 Å². The summed E-state index contributed by atoms with van der Waals surface area (Å²) < 4.78 is 10.7. The molecule has 0 N–H and O–H groups in total. The minimum absolute atomic E-state index is 0.0477. The summed E-state index contributed by atoms with van der Waals surface area (Å²) in [4.78, 5) is 30.8. The van der Waals surface area contributed by atoms with Crippen molar-refractivity contribution >= 4 is 23.6 Å². The maximum absolute atomic E-state index is 13.5. The lowest BCUT2D eigenvalue weighted by atomic mass is 9.94. The fraction of sp³-hybridized carbons (Fsp3) is 0.481. The molecule has 2 amide bonds. The number of ether oxygens (including phenoxy) is 2. The van der Waals surface area contributed by atoms with Crippen molar-refractivity contribution in [2.75, 3.05) is 33.6 Å². The smallest absolute Gasteiger partial charge is 0.255 e. The van der Waals surface area contributed by atoms with E-state index in [1.54, 1.807) is 19.1 Å². The topological polar surface area (TPSA) is 59.1 Å². The van der Waals surface area contributed by atoms with E-state index in [9.17, 15) is 9.59 Å². The summed E-state index contributed by atoms with van der Waals surface area (Å²) in [5, 5.41) is 0. The molecule has 6 nitrogen and oxygen atoms in total. The average Bonchev–Trinajstić information content (AvgIpc) is 2.89. The van der Waals surface area contributed by atoms with Crippen LogP contribution in [-0.2, 0) is 11.3 Å². The van der Waals surface area contributed by atoms with Gasteiger partial charge in [-0.1, -0.05) is 37.5 Å². The van der Waals surface area contributed by atoms with Gasteiger partial charge in [0.2, 0.25) is 5.91 Å². The van der Waals surface area contributed by atoms with Gasteiger partial charge in [-0.25, -0.2) is 0 Å². The van der Waals surface area contributed by atoms with E-state index < -0.39 is 0 Å². The number of nitrogens with zero attached hydrogens (tertiary/aromatic N) is 2. The molecule has 0 aliphatic heterocycles. The van der Waals surface area contributed by atoms with Crippen LogP contribution < -0.4 is 9.47 Å². The third-order valence-corrected chi connectivity index (χ3v) is 7.53. The Kier molecular flexibility index (Phi) is 9.69. The molecule has 34 heavy (non-hydrogen) atoms. The van der Waals surface area contributed by atoms with Crippen LogP contribution in [-0.4, -0.2) is 61.2 Å². The van der Waals surface area contributed by atoms with E-state index in [0.29, 0.717) is 41.9 Å². The summed E-state index contributed by atoms with van der Waals surface area (Å²) in [7, 11) is 5.12. The van der Waals surface area contributed by atoms with E-state index in [2.05, 4.69) is 0 Å². The molecule has 0 atom stereocenters. The first-order valence-corrected chi connectivity index (χ1v) is 12.9. The molecule has 0 heterocycles. The first-order chi connectivity index (χ1) is 16.5. The van der Waals surface area contributed by atoms with Gasteiger partial charge in [0.15, 0.2) is 11.5 Å². The summed E-state index contributed by atoms with van der Waals surface area (Å²) in [6, 6.07) is 13.6. The molecule has 0 saturated heterocycles. The first kappa shape index (κ1) is 25.9. The van der Waals surface area contributed by atoms with E-state index in [1.165, 1.54) is 31.0 Å². The quantitative estimate of drug-likeness (QED) is 0.431. The zero-order chi connectivity index (χ0) is 24.5. The molecule has 1 aliphatic carbocycles. The Balaban J connectivity index is 1.69. The van der Waals surface area contributed by atoms with Crippen LogP contribution in [0.4, 0.5) is 0 Å². The van der Waals surface area contributed by atoms with Crippen LogP contribution in [0.15, 0.2) is 47.4 Å². The highest BCUT2D eigenvalue weighted by Gasteiger charge is 2.23. The number of hydrogen-bond donors (Lipinski definition) is 0. The van der Waals surface area contributed by atoms with Gasteiger partial charge in [-0.2, -0.15) is 0 Å². The van der Waals surface area contributed by atoms with Gasteiger partial charge in [-0.05, 0) is 49.6 Å². The van der Waals surface area contributed by atoms with Gasteiger partial charge in [0.25, 0.3) is 5.91 Å². The Morgan fingerprint density at radius 1 is 1.00 bits per heavy atom. The SMILES string of the molecule is CCN(Cc1ccc(OC)c(OC)c1)C(=O)c1ccccc1SCC(=O)N(C)C1CCCCC1. The van der Waals surface area contributed by atoms with E-state index in [-0.39, 0.29) is 11.8 Å². The number of amides is 2. The largest absolute Gasteiger partial charge is 0.493 e. The monoisotopic (exact) mass is 484 g/mol. The lowest BCUT2D eigenvalue weighted by Crippen LogP contribution is -2.39. The number of benzene rings is 2. The predicted molar refractivity (Wildman–Crippen MR) is 137 cm³/mol. The van der Waals surface area contributed by atoms with Crippen molar-refractivity contribution in [1.82, 2.24) is 9.80 Å². The normalized spacial score (nSPS) is 13.9. The second-order valence-corrected chi connectivity index (χ2v) is 9.61. The van der Waals surface area contributed by atoms with Crippen LogP contribution in [0.2, 0.25) is 0 Å². The number of carbonyl (C=O) groups is 2. The fourth-order valence-corrected chi connectivity index (χ4v) is 5.35. The Hall–Kier alpha value is -2.67. The summed E-state index contributed by atoms with van der Waals surface area (Å²) in [6.45, 7) is 2.99. The van der Waals surface area contributed by atoms with Crippen molar-refractivity contribution in [1.29, 1.82) is 0 Å². The molecule has 7 heteroatoms. The van der Waals surface area contributed by atoms with E-state index in [0.717, 1.165) is 23.3 Å². The van der Waals surface area contributed by atoms with Gasteiger partial charge >= 0.3 is 0 Å². The predicted octanol–water partition coefficient (Wildman–Crippen LogP) is 5.25. The molecule has 0 radical (unpaired) electrons. The summed E-state index contributed by atoms with van der Waals surface area (Å²) in [5.41, 5.74) is 1.59. The second kappa shape index (κ2) is 12.7. The second-order valence-electron chi connectivity index (χ2n) is 8.59. The maximum atomic E-state index is 13.5. The van der Waals surface area contributed by atoms with Gasteiger partial charge in [-0.3, -0.25) is 9.59 Å². The minimum atomic E-state index is -0.0477. The van der Waals surface area contributed by atoms with Crippen LogP contribution in [0, 0.1) is 0 Å². The standard InChI is InChI=1S/C27H36N2O4S/c1-5-29(18-20-15-16-23(32-3)24(17-20)33-4)27(31)22-13-9-10-14-25(22)34-19-26(30)28(2)21-11-7-6-8-12-21/h9-10,13-17,21H,5-8,11-12,18-19H2,1-4H3. The zero-order valence-corrected chi connectivity index (χ0v) is 21.5. The van der Waals surface area contributed by atoms with Crippen LogP contribution in [0.3, 0.4) is 0 Å². The van der Waals surface area contributed by atoms with Crippen molar-refractivity contribution < 1.29 is 19.1 Å². The molecule has 0 aromatic heterocycles. The molecular formula is C27H36N2O4S. The average molecular weight is 485 g/mol. The van der Waals surface area contributed by atoms with Crippen LogP contribution in [0.1, 0.15) is 54.9 Å². The summed E-state index contributed by atoms with van der Waals surface area (Å²) in [5.74, 6) is 1.70. The van der Waals surface area contributed by atoms with Gasteiger partial charge in [-0.15, -0.1) is 11.8 Å². The lowest BCUT2D eigenvalue weighted by molar-refractivity contribution is -0.129. The zero-order valence-electron chi connectivity index (χ0n) is 20.7. The molecule has 0 unspecified atom stereocenters. The number of carbonyl (C=O) groups excluding carboxylic acids is 2. The fourth-order valence-electron chi connectivity index (χ4n) is 4.38. The van der Waals surface area contributed by atoms with E-state index in [1.807, 2.05) is 61.3 Å². The highest BCUT2D eigenvalue weighted by atomic mass is 32.2. The van der Waals surface area contributed by atoms with Crippen LogP contribution in [0.5, 0.6) is 11.5 Å². The molecule has 1 aliphatic rings.